The molecule has 152 valence electrons. The minimum atomic E-state index is -0.0417. The topological polar surface area (TPSA) is 56.1 Å². The van der Waals surface area contributed by atoms with Crippen molar-refractivity contribution in [2.75, 3.05) is 7.11 Å². The number of hydrogen-bond donors (Lipinski definition) is 1. The number of nitrogens with zero attached hydrogens (tertiary/aromatic N) is 2. The van der Waals surface area contributed by atoms with Crippen molar-refractivity contribution >= 4 is 16.9 Å². The molecule has 4 aromatic rings. The molecule has 1 N–H and O–H groups in total. The molecule has 0 aliphatic carbocycles. The lowest BCUT2D eigenvalue weighted by atomic mass is 10.1. The van der Waals surface area contributed by atoms with Gasteiger partial charge in [-0.05, 0) is 47.9 Å². The molecule has 5 heteroatoms. The lowest BCUT2D eigenvalue weighted by Crippen LogP contribution is -2.27. The number of carbonyl (C=O) groups excluding carboxylic acids is 1. The van der Waals surface area contributed by atoms with Crippen LogP contribution >= 0.6 is 0 Å². The Bertz CT molecular complexity index is 1160. The van der Waals surface area contributed by atoms with E-state index in [9.17, 15) is 4.79 Å². The fourth-order valence-electron chi connectivity index (χ4n) is 3.56. The van der Waals surface area contributed by atoms with Gasteiger partial charge in [-0.25, -0.2) is 4.98 Å². The van der Waals surface area contributed by atoms with Gasteiger partial charge in [-0.1, -0.05) is 48.5 Å². The number of para-hydroxylation sites is 2. The fraction of sp³-hybridized carbons (Fsp3) is 0.200. The van der Waals surface area contributed by atoms with E-state index in [1.165, 1.54) is 11.1 Å². The summed E-state index contributed by atoms with van der Waals surface area (Å²) in [5.74, 6) is 1.65. The van der Waals surface area contributed by atoms with Gasteiger partial charge in [0.05, 0.1) is 18.1 Å². The van der Waals surface area contributed by atoms with Crippen LogP contribution in [0.4, 0.5) is 0 Å². The van der Waals surface area contributed by atoms with Crippen molar-refractivity contribution < 1.29 is 9.53 Å². The van der Waals surface area contributed by atoms with Gasteiger partial charge >= 0.3 is 0 Å². The highest BCUT2D eigenvalue weighted by molar-refractivity contribution is 5.81. The number of rotatable bonds is 7. The molecule has 0 unspecified atom stereocenters. The SMILES string of the molecule is COc1ccc(CNC(=O)Cn2c(Cc3ccccc3C)nc3ccccc32)cc1. The molecule has 0 bridgehead atoms. The molecule has 1 amide bonds. The van der Waals surface area contributed by atoms with E-state index >= 15 is 0 Å². The summed E-state index contributed by atoms with van der Waals surface area (Å²) in [6.45, 7) is 2.81. The molecule has 0 fully saturated rings. The second kappa shape index (κ2) is 8.82. The lowest BCUT2D eigenvalue weighted by molar-refractivity contribution is -0.121. The number of ether oxygens (including phenoxy) is 1. The van der Waals surface area contributed by atoms with Crippen LogP contribution in [0.2, 0.25) is 0 Å². The highest BCUT2D eigenvalue weighted by Gasteiger charge is 2.14. The Hall–Kier alpha value is -3.60. The molecule has 0 aliphatic rings. The quantitative estimate of drug-likeness (QED) is 0.505. The number of carbonyl (C=O) groups is 1. The van der Waals surface area contributed by atoms with E-state index in [2.05, 4.69) is 24.4 Å². The molecule has 0 aliphatic heterocycles. The zero-order valence-corrected chi connectivity index (χ0v) is 17.3. The van der Waals surface area contributed by atoms with Gasteiger partial charge in [0.1, 0.15) is 18.1 Å². The number of fused-ring (bicyclic) bond motifs is 1. The maximum Gasteiger partial charge on any atom is 0.240 e. The third-order valence-electron chi connectivity index (χ3n) is 5.29. The molecular formula is C25H25N3O2. The number of imidazole rings is 1. The highest BCUT2D eigenvalue weighted by atomic mass is 16.5. The van der Waals surface area contributed by atoms with Crippen LogP contribution < -0.4 is 10.1 Å². The summed E-state index contributed by atoms with van der Waals surface area (Å²) in [5, 5.41) is 3.01. The molecule has 0 spiro atoms. The summed E-state index contributed by atoms with van der Waals surface area (Å²) >= 11 is 0. The van der Waals surface area contributed by atoms with E-state index in [-0.39, 0.29) is 12.5 Å². The third-order valence-corrected chi connectivity index (χ3v) is 5.29. The molecule has 1 aromatic heterocycles. The fourth-order valence-corrected chi connectivity index (χ4v) is 3.56. The van der Waals surface area contributed by atoms with Gasteiger partial charge in [0.2, 0.25) is 5.91 Å². The van der Waals surface area contributed by atoms with E-state index < -0.39 is 0 Å². The number of methoxy groups -OCH3 is 1. The molecule has 0 saturated carbocycles. The smallest absolute Gasteiger partial charge is 0.240 e. The molecule has 1 heterocycles. The van der Waals surface area contributed by atoms with Gasteiger partial charge in [-0.3, -0.25) is 4.79 Å². The van der Waals surface area contributed by atoms with Crippen LogP contribution in [0.1, 0.15) is 22.5 Å². The summed E-state index contributed by atoms with van der Waals surface area (Å²) in [5.41, 5.74) is 5.34. The van der Waals surface area contributed by atoms with E-state index in [0.29, 0.717) is 13.0 Å². The summed E-state index contributed by atoms with van der Waals surface area (Å²) in [7, 11) is 1.64. The van der Waals surface area contributed by atoms with Gasteiger partial charge in [0.15, 0.2) is 0 Å². The molecule has 0 atom stereocenters. The molecular weight excluding hydrogens is 374 g/mol. The minimum absolute atomic E-state index is 0.0417. The monoisotopic (exact) mass is 399 g/mol. The van der Waals surface area contributed by atoms with Crippen LogP contribution in [0.25, 0.3) is 11.0 Å². The Morgan fingerprint density at radius 1 is 1.00 bits per heavy atom. The van der Waals surface area contributed by atoms with Crippen molar-refractivity contribution in [2.24, 2.45) is 0 Å². The van der Waals surface area contributed by atoms with Crippen LogP contribution in [0.3, 0.4) is 0 Å². The molecule has 30 heavy (non-hydrogen) atoms. The molecule has 3 aromatic carbocycles. The number of nitrogens with one attached hydrogen (secondary N) is 1. The van der Waals surface area contributed by atoms with Crippen LogP contribution in [0.15, 0.2) is 72.8 Å². The summed E-state index contributed by atoms with van der Waals surface area (Å²) < 4.78 is 7.20. The Kier molecular flexibility index (Phi) is 5.80. The number of amides is 1. The van der Waals surface area contributed by atoms with Crippen molar-refractivity contribution in [3.8, 4) is 5.75 Å². The molecule has 5 nitrogen and oxygen atoms in total. The molecule has 0 saturated heterocycles. The van der Waals surface area contributed by atoms with E-state index in [0.717, 1.165) is 28.2 Å². The van der Waals surface area contributed by atoms with Crippen molar-refractivity contribution in [1.29, 1.82) is 0 Å². The van der Waals surface area contributed by atoms with Gasteiger partial charge in [-0.2, -0.15) is 0 Å². The second-order valence-electron chi connectivity index (χ2n) is 7.33. The number of aromatic nitrogens is 2. The van der Waals surface area contributed by atoms with E-state index in [1.54, 1.807) is 7.11 Å². The second-order valence-corrected chi connectivity index (χ2v) is 7.33. The zero-order valence-electron chi connectivity index (χ0n) is 17.3. The van der Waals surface area contributed by atoms with Crippen molar-refractivity contribution in [3.05, 3.63) is 95.3 Å². The number of aryl methyl sites for hydroxylation is 1. The van der Waals surface area contributed by atoms with Crippen LogP contribution in [0, 0.1) is 6.92 Å². The Labute approximate surface area is 176 Å². The van der Waals surface area contributed by atoms with E-state index in [1.807, 2.05) is 65.2 Å². The normalized spacial score (nSPS) is 10.9. The third kappa shape index (κ3) is 4.35. The van der Waals surface area contributed by atoms with Gasteiger partial charge in [-0.15, -0.1) is 0 Å². The number of hydrogen-bond acceptors (Lipinski definition) is 3. The van der Waals surface area contributed by atoms with Crippen molar-refractivity contribution in [3.63, 3.8) is 0 Å². The zero-order chi connectivity index (χ0) is 20.9. The highest BCUT2D eigenvalue weighted by Crippen LogP contribution is 2.20. The first-order valence-corrected chi connectivity index (χ1v) is 10.0. The van der Waals surface area contributed by atoms with Gasteiger partial charge in [0.25, 0.3) is 0 Å². The van der Waals surface area contributed by atoms with Crippen LogP contribution in [-0.2, 0) is 24.3 Å². The Balaban J connectivity index is 1.53. The maximum absolute atomic E-state index is 12.7. The summed E-state index contributed by atoms with van der Waals surface area (Å²) in [6.07, 6.45) is 0.688. The molecule has 4 rings (SSSR count). The number of benzene rings is 3. The minimum Gasteiger partial charge on any atom is -0.497 e. The standard InChI is InChI=1S/C25H25N3O2/c1-18-7-3-4-8-20(18)15-24-27-22-9-5-6-10-23(22)28(24)17-25(29)26-16-19-11-13-21(30-2)14-12-19/h3-14H,15-17H2,1-2H3,(H,26,29). The van der Waals surface area contributed by atoms with E-state index in [4.69, 9.17) is 9.72 Å². The van der Waals surface area contributed by atoms with Crippen LogP contribution in [-0.4, -0.2) is 22.6 Å². The first-order chi connectivity index (χ1) is 14.6. The van der Waals surface area contributed by atoms with Crippen molar-refractivity contribution in [2.45, 2.75) is 26.4 Å². The summed E-state index contributed by atoms with van der Waals surface area (Å²) in [6, 6.07) is 23.9. The predicted octanol–water partition coefficient (Wildman–Crippen LogP) is 4.26. The van der Waals surface area contributed by atoms with Gasteiger partial charge in [0, 0.05) is 13.0 Å². The van der Waals surface area contributed by atoms with Gasteiger partial charge < -0.3 is 14.6 Å². The molecule has 0 radical (unpaired) electrons. The average molecular weight is 399 g/mol. The van der Waals surface area contributed by atoms with Crippen LogP contribution in [0.5, 0.6) is 5.75 Å². The largest absolute Gasteiger partial charge is 0.497 e. The predicted molar refractivity (Wildman–Crippen MR) is 119 cm³/mol. The maximum atomic E-state index is 12.7. The average Bonchev–Trinajstić information content (AvgIpc) is 3.11. The Morgan fingerprint density at radius 3 is 2.50 bits per heavy atom. The first kappa shape index (κ1) is 19.7. The van der Waals surface area contributed by atoms with Crippen molar-refractivity contribution in [1.82, 2.24) is 14.9 Å². The first-order valence-electron chi connectivity index (χ1n) is 10.0. The lowest BCUT2D eigenvalue weighted by Gasteiger charge is -2.11. The summed E-state index contributed by atoms with van der Waals surface area (Å²) in [4.78, 5) is 17.5. The Morgan fingerprint density at radius 2 is 1.73 bits per heavy atom.